The predicted octanol–water partition coefficient (Wildman–Crippen LogP) is 11.9. The molecule has 0 N–H and O–H groups in total. The summed E-state index contributed by atoms with van der Waals surface area (Å²) in [6, 6.07) is 57.9. The van der Waals surface area contributed by atoms with Crippen molar-refractivity contribution in [1.82, 2.24) is 9.13 Å². The van der Waals surface area contributed by atoms with Crippen molar-refractivity contribution in [2.24, 2.45) is 0 Å². The van der Waals surface area contributed by atoms with Crippen molar-refractivity contribution in [3.05, 3.63) is 169 Å². The van der Waals surface area contributed by atoms with Crippen molar-refractivity contribution >= 4 is 43.6 Å². The molecule has 2 heterocycles. The second-order valence-electron chi connectivity index (χ2n) is 13.4. The van der Waals surface area contributed by atoms with Gasteiger partial charge < -0.3 is 9.13 Å². The van der Waals surface area contributed by atoms with Crippen LogP contribution in [0.25, 0.3) is 77.2 Å². The molecule has 222 valence electrons. The molecule has 0 amide bonds. The molecule has 1 aliphatic rings. The molecule has 0 unspecified atom stereocenters. The fourth-order valence-electron chi connectivity index (χ4n) is 8.39. The highest BCUT2D eigenvalue weighted by Crippen LogP contribution is 2.54. The standard InChI is InChI=1S/C45H32N2/c1-45(2)38-26-30(29-14-6-3-7-15-29)22-23-33(38)35-24-25-40-43(44(35)45)37-27-36-34-20-12-13-21-39(34)46(31-16-8-4-9-17-31)41(36)28-42(37)47(40)32-18-10-5-11-19-32/h3-28H,1-2H3. The molecule has 2 nitrogen and oxygen atoms in total. The summed E-state index contributed by atoms with van der Waals surface area (Å²) in [5.74, 6) is 0. The first-order valence-corrected chi connectivity index (χ1v) is 16.5. The second-order valence-corrected chi connectivity index (χ2v) is 13.4. The smallest absolute Gasteiger partial charge is 0.0562 e. The summed E-state index contributed by atoms with van der Waals surface area (Å²) >= 11 is 0. The predicted molar refractivity (Wildman–Crippen MR) is 198 cm³/mol. The van der Waals surface area contributed by atoms with Crippen LogP contribution in [0.5, 0.6) is 0 Å². The Labute approximate surface area is 273 Å². The number of fused-ring (bicyclic) bond motifs is 10. The van der Waals surface area contributed by atoms with E-state index in [1.54, 1.807) is 0 Å². The highest BCUT2D eigenvalue weighted by atomic mass is 15.0. The van der Waals surface area contributed by atoms with Crippen LogP contribution in [0.2, 0.25) is 0 Å². The molecule has 0 fully saturated rings. The summed E-state index contributed by atoms with van der Waals surface area (Å²) in [7, 11) is 0. The van der Waals surface area contributed by atoms with E-state index in [9.17, 15) is 0 Å². The zero-order valence-electron chi connectivity index (χ0n) is 26.4. The first kappa shape index (κ1) is 26.4. The summed E-state index contributed by atoms with van der Waals surface area (Å²) < 4.78 is 4.90. The van der Waals surface area contributed by atoms with E-state index >= 15 is 0 Å². The van der Waals surface area contributed by atoms with Gasteiger partial charge in [0.1, 0.15) is 0 Å². The topological polar surface area (TPSA) is 9.86 Å². The lowest BCUT2D eigenvalue weighted by Gasteiger charge is -2.23. The van der Waals surface area contributed by atoms with E-state index in [4.69, 9.17) is 0 Å². The van der Waals surface area contributed by atoms with Crippen LogP contribution in [0.3, 0.4) is 0 Å². The quantitative estimate of drug-likeness (QED) is 0.191. The maximum absolute atomic E-state index is 2.48. The summed E-state index contributed by atoms with van der Waals surface area (Å²) in [6.45, 7) is 4.83. The van der Waals surface area contributed by atoms with Crippen molar-refractivity contribution in [3.63, 3.8) is 0 Å². The lowest BCUT2D eigenvalue weighted by Crippen LogP contribution is -2.15. The number of aromatic nitrogens is 2. The first-order valence-electron chi connectivity index (χ1n) is 16.5. The minimum atomic E-state index is -0.183. The molecule has 0 atom stereocenters. The lowest BCUT2D eigenvalue weighted by molar-refractivity contribution is 0.667. The summed E-state index contributed by atoms with van der Waals surface area (Å²) in [6.07, 6.45) is 0. The van der Waals surface area contributed by atoms with Gasteiger partial charge in [-0.25, -0.2) is 0 Å². The Balaban J connectivity index is 1.34. The summed E-state index contributed by atoms with van der Waals surface area (Å²) in [5.41, 5.74) is 15.1. The number of nitrogens with zero attached hydrogens (tertiary/aromatic N) is 2. The van der Waals surface area contributed by atoms with Crippen molar-refractivity contribution in [1.29, 1.82) is 0 Å². The minimum Gasteiger partial charge on any atom is -0.309 e. The van der Waals surface area contributed by atoms with Crippen LogP contribution in [0.15, 0.2) is 158 Å². The Kier molecular flexibility index (Phi) is 5.37. The van der Waals surface area contributed by atoms with E-state index < -0.39 is 0 Å². The maximum Gasteiger partial charge on any atom is 0.0562 e. The molecule has 0 saturated heterocycles. The monoisotopic (exact) mass is 600 g/mol. The van der Waals surface area contributed by atoms with E-state index in [-0.39, 0.29) is 5.41 Å². The number of hydrogen-bond donors (Lipinski definition) is 0. The van der Waals surface area contributed by atoms with E-state index in [0.29, 0.717) is 0 Å². The average Bonchev–Trinajstić information content (AvgIpc) is 3.70. The first-order chi connectivity index (χ1) is 23.1. The van der Waals surface area contributed by atoms with E-state index in [2.05, 4.69) is 181 Å². The van der Waals surface area contributed by atoms with Crippen LogP contribution < -0.4 is 0 Å². The number of hydrogen-bond acceptors (Lipinski definition) is 0. The summed E-state index contributed by atoms with van der Waals surface area (Å²) in [4.78, 5) is 0. The third-order valence-electron chi connectivity index (χ3n) is 10.5. The lowest BCUT2D eigenvalue weighted by atomic mass is 9.79. The highest BCUT2D eigenvalue weighted by Gasteiger charge is 2.38. The SMILES string of the molecule is CC1(C)c2cc(-c3ccccc3)ccc2-c2ccc3c(c21)c1cc2c4ccccc4n(-c4ccccc4)c2cc1n3-c1ccccc1. The Morgan fingerprint density at radius 2 is 1.00 bits per heavy atom. The molecule has 47 heavy (non-hydrogen) atoms. The molecule has 10 rings (SSSR count). The normalized spacial score (nSPS) is 13.5. The van der Waals surface area contributed by atoms with Crippen LogP contribution in [0.1, 0.15) is 25.0 Å². The van der Waals surface area contributed by atoms with Gasteiger partial charge in [-0.05, 0) is 88.0 Å². The van der Waals surface area contributed by atoms with E-state index in [1.807, 2.05) is 0 Å². The Hall–Kier alpha value is -5.86. The molecule has 2 heteroatoms. The van der Waals surface area contributed by atoms with Crippen LogP contribution in [-0.4, -0.2) is 9.13 Å². The van der Waals surface area contributed by atoms with Crippen LogP contribution in [-0.2, 0) is 5.41 Å². The molecule has 2 aromatic heterocycles. The minimum absolute atomic E-state index is 0.183. The van der Waals surface area contributed by atoms with Gasteiger partial charge in [0, 0.05) is 38.3 Å². The van der Waals surface area contributed by atoms with Gasteiger partial charge in [-0.3, -0.25) is 0 Å². The van der Waals surface area contributed by atoms with Gasteiger partial charge in [0.15, 0.2) is 0 Å². The molecule has 9 aromatic rings. The molecule has 0 spiro atoms. The highest BCUT2D eigenvalue weighted by molar-refractivity contribution is 6.21. The van der Waals surface area contributed by atoms with Crippen LogP contribution in [0, 0.1) is 0 Å². The maximum atomic E-state index is 2.48. The number of benzene rings is 7. The second kappa shape index (κ2) is 9.57. The molecule has 0 aliphatic heterocycles. The van der Waals surface area contributed by atoms with Crippen LogP contribution in [0.4, 0.5) is 0 Å². The summed E-state index contributed by atoms with van der Waals surface area (Å²) in [5, 5.41) is 5.20. The van der Waals surface area contributed by atoms with Gasteiger partial charge >= 0.3 is 0 Å². The zero-order chi connectivity index (χ0) is 31.3. The van der Waals surface area contributed by atoms with Crippen molar-refractivity contribution < 1.29 is 0 Å². The number of para-hydroxylation sites is 3. The van der Waals surface area contributed by atoms with Gasteiger partial charge in [-0.1, -0.05) is 117 Å². The molecule has 1 aliphatic carbocycles. The fourth-order valence-corrected chi connectivity index (χ4v) is 8.39. The van der Waals surface area contributed by atoms with Crippen molar-refractivity contribution in [2.45, 2.75) is 19.3 Å². The van der Waals surface area contributed by atoms with Gasteiger partial charge in [-0.15, -0.1) is 0 Å². The zero-order valence-corrected chi connectivity index (χ0v) is 26.4. The fraction of sp³-hybridized carbons (Fsp3) is 0.0667. The van der Waals surface area contributed by atoms with Crippen molar-refractivity contribution in [3.8, 4) is 33.6 Å². The largest absolute Gasteiger partial charge is 0.309 e. The van der Waals surface area contributed by atoms with Gasteiger partial charge in [0.25, 0.3) is 0 Å². The molecule has 7 aromatic carbocycles. The van der Waals surface area contributed by atoms with Gasteiger partial charge in [0.2, 0.25) is 0 Å². The molecule has 0 bridgehead atoms. The number of rotatable bonds is 3. The molecule has 0 saturated carbocycles. The Morgan fingerprint density at radius 3 is 1.72 bits per heavy atom. The van der Waals surface area contributed by atoms with Gasteiger partial charge in [-0.2, -0.15) is 0 Å². The van der Waals surface area contributed by atoms with Crippen LogP contribution >= 0.6 is 0 Å². The molecular formula is C45H32N2. The third-order valence-corrected chi connectivity index (χ3v) is 10.5. The third kappa shape index (κ3) is 3.61. The van der Waals surface area contributed by atoms with Crippen molar-refractivity contribution in [2.75, 3.05) is 0 Å². The van der Waals surface area contributed by atoms with E-state index in [0.717, 1.165) is 0 Å². The molecular weight excluding hydrogens is 569 g/mol. The average molecular weight is 601 g/mol. The van der Waals surface area contributed by atoms with E-state index in [1.165, 1.54) is 88.4 Å². The molecule has 0 radical (unpaired) electrons. The Morgan fingerprint density at radius 1 is 0.404 bits per heavy atom. The Bertz CT molecular complexity index is 2670. The van der Waals surface area contributed by atoms with Gasteiger partial charge in [0.05, 0.1) is 22.1 Å².